The largest absolute Gasteiger partial charge is 0.493 e. The minimum Gasteiger partial charge on any atom is -0.493 e. The van der Waals surface area contributed by atoms with Crippen LogP contribution in [0.3, 0.4) is 0 Å². The summed E-state index contributed by atoms with van der Waals surface area (Å²) in [6.45, 7) is 6.54. The van der Waals surface area contributed by atoms with Gasteiger partial charge in [0, 0.05) is 12.1 Å². The topological polar surface area (TPSA) is 141 Å². The van der Waals surface area contributed by atoms with Gasteiger partial charge in [0.05, 0.1) is 0 Å². The SMILES string of the molecule is CCC(C)N1C(=O)C(C=C2C(=O)NC3(CCCCC3)S2(=O)=O)=C(O)N(C(C)CC)S1(=O)=O. The second-order valence-electron chi connectivity index (χ2n) is 8.68. The van der Waals surface area contributed by atoms with Crippen molar-refractivity contribution in [3.05, 3.63) is 22.4 Å². The van der Waals surface area contributed by atoms with Gasteiger partial charge in [0.2, 0.25) is 15.7 Å². The van der Waals surface area contributed by atoms with Gasteiger partial charge in [0.15, 0.2) is 0 Å². The number of nitrogens with one attached hydrogen (secondary N) is 1. The molecule has 12 heteroatoms. The molecule has 2 amide bonds. The normalized spacial score (nSPS) is 27.7. The Morgan fingerprint density at radius 2 is 1.53 bits per heavy atom. The third-order valence-electron chi connectivity index (χ3n) is 6.67. The third kappa shape index (κ3) is 3.51. The van der Waals surface area contributed by atoms with Crippen LogP contribution in [0.2, 0.25) is 0 Å². The molecule has 2 heterocycles. The average molecular weight is 490 g/mol. The van der Waals surface area contributed by atoms with Crippen molar-refractivity contribution in [2.24, 2.45) is 0 Å². The standard InChI is InChI=1S/C20H31N3O7S2/c1-5-13(3)22-18(25)15(19(26)23(14(4)6-2)32(22,29)30)12-16-17(24)21-20(31(16,27)28)10-8-7-9-11-20/h12-14,25H,5-11H2,1-4H3,(H,21,24). The fraction of sp³-hybridized carbons (Fsp3) is 0.700. The van der Waals surface area contributed by atoms with E-state index in [1.807, 2.05) is 0 Å². The molecule has 3 rings (SSSR count). The zero-order valence-electron chi connectivity index (χ0n) is 18.8. The molecule has 0 aromatic heterocycles. The lowest BCUT2D eigenvalue weighted by Gasteiger charge is -2.40. The highest BCUT2D eigenvalue weighted by Gasteiger charge is 2.56. The second-order valence-corrected chi connectivity index (χ2v) is 12.6. The fourth-order valence-electron chi connectivity index (χ4n) is 4.42. The van der Waals surface area contributed by atoms with Crippen LogP contribution in [0.4, 0.5) is 0 Å². The van der Waals surface area contributed by atoms with Crippen molar-refractivity contribution in [2.45, 2.75) is 89.6 Å². The summed E-state index contributed by atoms with van der Waals surface area (Å²) in [6, 6.07) is -1.44. The van der Waals surface area contributed by atoms with Gasteiger partial charge < -0.3 is 10.4 Å². The first-order chi connectivity index (χ1) is 14.9. The van der Waals surface area contributed by atoms with Crippen molar-refractivity contribution < 1.29 is 31.5 Å². The van der Waals surface area contributed by atoms with Gasteiger partial charge in [0.25, 0.3) is 11.8 Å². The summed E-state index contributed by atoms with van der Waals surface area (Å²) in [5, 5.41) is 13.4. The Morgan fingerprint density at radius 1 is 1.00 bits per heavy atom. The van der Waals surface area contributed by atoms with Crippen molar-refractivity contribution in [1.82, 2.24) is 13.9 Å². The predicted molar refractivity (Wildman–Crippen MR) is 118 cm³/mol. The number of hydrogen-bond donors (Lipinski definition) is 2. The lowest BCUT2D eigenvalue weighted by Crippen LogP contribution is -2.56. The van der Waals surface area contributed by atoms with Crippen LogP contribution in [0.5, 0.6) is 0 Å². The van der Waals surface area contributed by atoms with Gasteiger partial charge in [-0.1, -0.05) is 33.1 Å². The Morgan fingerprint density at radius 3 is 2.06 bits per heavy atom. The molecular formula is C20H31N3O7S2. The summed E-state index contributed by atoms with van der Waals surface area (Å²) < 4.78 is 54.4. The summed E-state index contributed by atoms with van der Waals surface area (Å²) in [5.41, 5.74) is -0.526. The minimum atomic E-state index is -4.39. The van der Waals surface area contributed by atoms with E-state index < -0.39 is 65.2 Å². The van der Waals surface area contributed by atoms with Crippen LogP contribution in [0.25, 0.3) is 0 Å². The van der Waals surface area contributed by atoms with Crippen molar-refractivity contribution in [2.75, 3.05) is 0 Å². The Labute approximate surface area is 189 Å². The zero-order chi connectivity index (χ0) is 24.1. The summed E-state index contributed by atoms with van der Waals surface area (Å²) in [7, 11) is -8.54. The number of carbonyl (C=O) groups is 2. The molecule has 1 spiro atoms. The van der Waals surface area contributed by atoms with Gasteiger partial charge in [-0.25, -0.2) is 17.0 Å². The molecule has 1 saturated carbocycles. The molecule has 1 aliphatic carbocycles. The first kappa shape index (κ1) is 24.6. The highest BCUT2D eigenvalue weighted by Crippen LogP contribution is 2.42. The van der Waals surface area contributed by atoms with Crippen LogP contribution in [0.1, 0.15) is 72.6 Å². The molecule has 2 unspecified atom stereocenters. The Balaban J connectivity index is 2.22. The number of aliphatic hydroxyl groups excluding tert-OH is 1. The number of amides is 2. The minimum absolute atomic E-state index is 0.268. The van der Waals surface area contributed by atoms with Crippen LogP contribution in [-0.2, 0) is 29.6 Å². The van der Waals surface area contributed by atoms with Crippen LogP contribution < -0.4 is 5.32 Å². The fourth-order valence-corrected chi connectivity index (χ4v) is 8.49. The first-order valence-electron chi connectivity index (χ1n) is 11.0. The molecule has 2 aliphatic heterocycles. The molecule has 0 aromatic carbocycles. The number of nitrogens with zero attached hydrogens (tertiary/aromatic N) is 2. The molecular weight excluding hydrogens is 458 g/mol. The molecule has 0 aromatic rings. The lowest BCUT2D eigenvalue weighted by molar-refractivity contribution is -0.124. The summed E-state index contributed by atoms with van der Waals surface area (Å²) in [5.74, 6) is -2.78. The smallest absolute Gasteiger partial charge is 0.331 e. The first-order valence-corrected chi connectivity index (χ1v) is 13.8. The number of carbonyl (C=O) groups excluding carboxylic acids is 2. The molecule has 0 bridgehead atoms. The monoisotopic (exact) mass is 489 g/mol. The maximum Gasteiger partial charge on any atom is 0.331 e. The number of aliphatic hydroxyl groups is 1. The molecule has 3 aliphatic rings. The molecule has 2 N–H and O–H groups in total. The molecule has 2 atom stereocenters. The van der Waals surface area contributed by atoms with Gasteiger partial charge >= 0.3 is 10.2 Å². The molecule has 10 nitrogen and oxygen atoms in total. The number of rotatable bonds is 5. The maximum absolute atomic E-state index is 13.3. The highest BCUT2D eigenvalue weighted by molar-refractivity contribution is 7.98. The quantitative estimate of drug-likeness (QED) is 0.561. The summed E-state index contributed by atoms with van der Waals surface area (Å²) in [4.78, 5) is 23.9. The van der Waals surface area contributed by atoms with E-state index in [0.29, 0.717) is 30.0 Å². The van der Waals surface area contributed by atoms with E-state index in [9.17, 15) is 31.5 Å². The van der Waals surface area contributed by atoms with Gasteiger partial charge in [0.1, 0.15) is 15.3 Å². The third-order valence-corrected chi connectivity index (χ3v) is 11.1. The Bertz CT molecular complexity index is 1090. The zero-order valence-corrected chi connectivity index (χ0v) is 20.4. The summed E-state index contributed by atoms with van der Waals surface area (Å²) >= 11 is 0. The van der Waals surface area contributed by atoms with Crippen LogP contribution in [0.15, 0.2) is 22.4 Å². The Hall–Kier alpha value is -2.08. The lowest BCUT2D eigenvalue weighted by atomic mass is 9.95. The van der Waals surface area contributed by atoms with Gasteiger partial charge in [-0.3, -0.25) is 9.59 Å². The van der Waals surface area contributed by atoms with E-state index in [-0.39, 0.29) is 12.8 Å². The molecule has 1 saturated heterocycles. The van der Waals surface area contributed by atoms with Crippen LogP contribution in [-0.4, -0.2) is 59.3 Å². The van der Waals surface area contributed by atoms with Gasteiger partial charge in [-0.2, -0.15) is 8.42 Å². The number of sulfone groups is 1. The van der Waals surface area contributed by atoms with Crippen molar-refractivity contribution in [3.8, 4) is 0 Å². The van der Waals surface area contributed by atoms with E-state index in [1.165, 1.54) is 0 Å². The molecule has 32 heavy (non-hydrogen) atoms. The highest BCUT2D eigenvalue weighted by atomic mass is 32.2. The van der Waals surface area contributed by atoms with Crippen LogP contribution >= 0.6 is 0 Å². The second kappa shape index (κ2) is 8.36. The predicted octanol–water partition coefficient (Wildman–Crippen LogP) is 1.83. The van der Waals surface area contributed by atoms with Gasteiger partial charge in [-0.15, -0.1) is 0 Å². The summed E-state index contributed by atoms with van der Waals surface area (Å²) in [6.07, 6.45) is 4.16. The van der Waals surface area contributed by atoms with Crippen LogP contribution in [0, 0.1) is 0 Å². The van der Waals surface area contributed by atoms with Crippen molar-refractivity contribution >= 4 is 31.9 Å². The van der Waals surface area contributed by atoms with E-state index >= 15 is 0 Å². The van der Waals surface area contributed by atoms with E-state index in [4.69, 9.17) is 0 Å². The van der Waals surface area contributed by atoms with Gasteiger partial charge in [-0.05, 0) is 45.6 Å². The van der Waals surface area contributed by atoms with Crippen molar-refractivity contribution in [1.29, 1.82) is 0 Å². The van der Waals surface area contributed by atoms with E-state index in [1.54, 1.807) is 27.7 Å². The molecule has 180 valence electrons. The van der Waals surface area contributed by atoms with Crippen molar-refractivity contribution in [3.63, 3.8) is 0 Å². The van der Waals surface area contributed by atoms with E-state index in [0.717, 1.165) is 16.8 Å². The number of hydrogen-bond acceptors (Lipinski definition) is 7. The van der Waals surface area contributed by atoms with E-state index in [2.05, 4.69) is 5.32 Å². The Kier molecular flexibility index (Phi) is 6.42. The maximum atomic E-state index is 13.3. The molecule has 2 fully saturated rings. The molecule has 0 radical (unpaired) electrons. The average Bonchev–Trinajstić information content (AvgIpc) is 2.89.